The summed E-state index contributed by atoms with van der Waals surface area (Å²) in [6.45, 7) is 0. The molecule has 0 aliphatic heterocycles. The Bertz CT molecular complexity index is 490. The van der Waals surface area contributed by atoms with Gasteiger partial charge >= 0.3 is 0 Å². The Morgan fingerprint density at radius 1 is 1.11 bits per heavy atom. The van der Waals surface area contributed by atoms with E-state index in [1.54, 1.807) is 0 Å². The molecule has 1 unspecified atom stereocenters. The summed E-state index contributed by atoms with van der Waals surface area (Å²) >= 11 is 0. The highest BCUT2D eigenvalue weighted by Crippen LogP contribution is 2.32. The van der Waals surface area contributed by atoms with Crippen LogP contribution in [0.2, 0.25) is 0 Å². The zero-order valence-corrected chi connectivity index (χ0v) is 11.5. The molecule has 2 heteroatoms. The lowest BCUT2D eigenvalue weighted by atomic mass is 9.92. The van der Waals surface area contributed by atoms with E-state index in [0.29, 0.717) is 0 Å². The minimum Gasteiger partial charge on any atom is -0.459 e. The van der Waals surface area contributed by atoms with Crippen molar-refractivity contribution in [1.29, 1.82) is 0 Å². The molecule has 1 aliphatic rings. The van der Waals surface area contributed by atoms with Crippen molar-refractivity contribution < 1.29 is 4.42 Å². The van der Waals surface area contributed by atoms with Gasteiger partial charge in [0, 0.05) is 5.39 Å². The largest absolute Gasteiger partial charge is 0.459 e. The highest BCUT2D eigenvalue weighted by atomic mass is 16.3. The van der Waals surface area contributed by atoms with Crippen molar-refractivity contribution in [2.75, 3.05) is 0 Å². The topological polar surface area (TPSA) is 39.2 Å². The molecule has 102 valence electrons. The van der Waals surface area contributed by atoms with Crippen LogP contribution in [-0.4, -0.2) is 0 Å². The standard InChI is InChI=1S/C17H23NO/c18-15(11-13-7-3-1-2-4-8-13)17-12-14-9-5-6-10-16(14)19-17/h5-6,9-10,12-13,15H,1-4,7-8,11,18H2. The van der Waals surface area contributed by atoms with E-state index in [-0.39, 0.29) is 6.04 Å². The molecule has 1 saturated carbocycles. The van der Waals surface area contributed by atoms with Crippen molar-refractivity contribution in [3.63, 3.8) is 0 Å². The number of para-hydroxylation sites is 1. The fourth-order valence-corrected chi connectivity index (χ4v) is 3.26. The molecule has 1 aromatic carbocycles. The number of rotatable bonds is 3. The molecule has 1 fully saturated rings. The first-order valence-corrected chi connectivity index (χ1v) is 7.57. The van der Waals surface area contributed by atoms with Gasteiger partial charge in [0.2, 0.25) is 0 Å². The van der Waals surface area contributed by atoms with Gasteiger partial charge in [0.05, 0.1) is 6.04 Å². The van der Waals surface area contributed by atoms with Gasteiger partial charge in [-0.15, -0.1) is 0 Å². The smallest absolute Gasteiger partial charge is 0.134 e. The third-order valence-electron chi connectivity index (χ3n) is 4.37. The van der Waals surface area contributed by atoms with E-state index in [9.17, 15) is 0 Å². The van der Waals surface area contributed by atoms with Crippen LogP contribution in [0, 0.1) is 5.92 Å². The molecule has 2 aromatic rings. The Morgan fingerprint density at radius 3 is 2.58 bits per heavy atom. The van der Waals surface area contributed by atoms with Gasteiger partial charge in [-0.1, -0.05) is 56.7 Å². The molecule has 1 atom stereocenters. The molecule has 1 aliphatic carbocycles. The maximum Gasteiger partial charge on any atom is 0.134 e. The number of nitrogens with two attached hydrogens (primary N) is 1. The normalized spacial score (nSPS) is 19.4. The van der Waals surface area contributed by atoms with Crippen molar-refractivity contribution >= 4 is 11.0 Å². The fraction of sp³-hybridized carbons (Fsp3) is 0.529. The third-order valence-corrected chi connectivity index (χ3v) is 4.37. The van der Waals surface area contributed by atoms with E-state index in [1.165, 1.54) is 38.5 Å². The van der Waals surface area contributed by atoms with E-state index in [4.69, 9.17) is 10.2 Å². The molecule has 0 bridgehead atoms. The number of furan rings is 1. The fourth-order valence-electron chi connectivity index (χ4n) is 3.26. The lowest BCUT2D eigenvalue weighted by molar-refractivity contribution is 0.364. The Labute approximate surface area is 115 Å². The lowest BCUT2D eigenvalue weighted by Crippen LogP contribution is -2.14. The predicted octanol–water partition coefficient (Wildman–Crippen LogP) is 4.79. The summed E-state index contributed by atoms with van der Waals surface area (Å²) in [5, 5.41) is 1.16. The number of hydrogen-bond acceptors (Lipinski definition) is 2. The number of fused-ring (bicyclic) bond motifs is 1. The zero-order valence-electron chi connectivity index (χ0n) is 11.5. The van der Waals surface area contributed by atoms with Crippen LogP contribution in [0.25, 0.3) is 11.0 Å². The minimum absolute atomic E-state index is 0.0514. The highest BCUT2D eigenvalue weighted by molar-refractivity contribution is 5.77. The van der Waals surface area contributed by atoms with E-state index >= 15 is 0 Å². The van der Waals surface area contributed by atoms with E-state index < -0.39 is 0 Å². The molecule has 1 aromatic heterocycles. The van der Waals surface area contributed by atoms with E-state index in [1.807, 2.05) is 18.2 Å². The SMILES string of the molecule is NC(CC1CCCCCC1)c1cc2ccccc2o1. The Morgan fingerprint density at radius 2 is 1.84 bits per heavy atom. The van der Waals surface area contributed by atoms with Gasteiger partial charge in [0.25, 0.3) is 0 Å². The minimum atomic E-state index is 0.0514. The average Bonchev–Trinajstić information content (AvgIpc) is 2.70. The maximum atomic E-state index is 6.35. The summed E-state index contributed by atoms with van der Waals surface area (Å²) < 4.78 is 5.88. The van der Waals surface area contributed by atoms with Gasteiger partial charge < -0.3 is 10.2 Å². The summed E-state index contributed by atoms with van der Waals surface area (Å²) in [5.41, 5.74) is 7.30. The molecule has 19 heavy (non-hydrogen) atoms. The van der Waals surface area contributed by atoms with Crippen LogP contribution < -0.4 is 5.73 Å². The van der Waals surface area contributed by atoms with Crippen molar-refractivity contribution in [2.45, 2.75) is 51.0 Å². The van der Waals surface area contributed by atoms with Gasteiger partial charge in [-0.3, -0.25) is 0 Å². The van der Waals surface area contributed by atoms with Crippen LogP contribution in [-0.2, 0) is 0 Å². The second-order valence-electron chi connectivity index (χ2n) is 5.89. The summed E-state index contributed by atoms with van der Waals surface area (Å²) in [6.07, 6.45) is 9.30. The van der Waals surface area contributed by atoms with Crippen molar-refractivity contribution in [3.05, 3.63) is 36.1 Å². The van der Waals surface area contributed by atoms with Gasteiger partial charge in [0.15, 0.2) is 0 Å². The van der Waals surface area contributed by atoms with Crippen LogP contribution in [0.15, 0.2) is 34.7 Å². The molecule has 2 N–H and O–H groups in total. The third kappa shape index (κ3) is 3.01. The Kier molecular flexibility index (Phi) is 3.88. The van der Waals surface area contributed by atoms with Gasteiger partial charge in [-0.2, -0.15) is 0 Å². The molecule has 2 nitrogen and oxygen atoms in total. The molecular weight excluding hydrogens is 234 g/mol. The molecule has 1 heterocycles. The number of hydrogen-bond donors (Lipinski definition) is 1. The Hall–Kier alpha value is -1.28. The summed E-state index contributed by atoms with van der Waals surface area (Å²) in [4.78, 5) is 0. The first kappa shape index (κ1) is 12.7. The van der Waals surface area contributed by atoms with Crippen LogP contribution in [0.5, 0.6) is 0 Å². The molecule has 0 amide bonds. The van der Waals surface area contributed by atoms with Crippen molar-refractivity contribution in [1.82, 2.24) is 0 Å². The van der Waals surface area contributed by atoms with Crippen LogP contribution in [0.3, 0.4) is 0 Å². The van der Waals surface area contributed by atoms with E-state index in [2.05, 4.69) is 12.1 Å². The van der Waals surface area contributed by atoms with E-state index in [0.717, 1.165) is 29.1 Å². The Balaban J connectivity index is 1.70. The first-order valence-electron chi connectivity index (χ1n) is 7.57. The molecule has 0 saturated heterocycles. The molecular formula is C17H23NO. The van der Waals surface area contributed by atoms with Crippen LogP contribution in [0.1, 0.15) is 56.7 Å². The van der Waals surface area contributed by atoms with Crippen molar-refractivity contribution in [3.8, 4) is 0 Å². The first-order chi connectivity index (χ1) is 9.33. The quantitative estimate of drug-likeness (QED) is 0.803. The highest BCUT2D eigenvalue weighted by Gasteiger charge is 2.19. The zero-order chi connectivity index (χ0) is 13.1. The lowest BCUT2D eigenvalue weighted by Gasteiger charge is -2.17. The van der Waals surface area contributed by atoms with Gasteiger partial charge in [-0.05, 0) is 24.5 Å². The monoisotopic (exact) mass is 257 g/mol. The molecule has 3 rings (SSSR count). The number of benzene rings is 1. The second-order valence-corrected chi connectivity index (χ2v) is 5.89. The van der Waals surface area contributed by atoms with Crippen LogP contribution in [0.4, 0.5) is 0 Å². The molecule has 0 spiro atoms. The maximum absolute atomic E-state index is 6.35. The summed E-state index contributed by atoms with van der Waals surface area (Å²) in [6, 6.07) is 10.3. The average molecular weight is 257 g/mol. The van der Waals surface area contributed by atoms with Crippen LogP contribution >= 0.6 is 0 Å². The molecule has 0 radical (unpaired) electrons. The predicted molar refractivity (Wildman–Crippen MR) is 79.0 cm³/mol. The van der Waals surface area contributed by atoms with Crippen molar-refractivity contribution in [2.24, 2.45) is 11.7 Å². The van der Waals surface area contributed by atoms with Gasteiger partial charge in [0.1, 0.15) is 11.3 Å². The van der Waals surface area contributed by atoms with Gasteiger partial charge in [-0.25, -0.2) is 0 Å². The second kappa shape index (κ2) is 5.79. The summed E-state index contributed by atoms with van der Waals surface area (Å²) in [5.74, 6) is 1.73. The summed E-state index contributed by atoms with van der Waals surface area (Å²) in [7, 11) is 0.